The van der Waals surface area contributed by atoms with Gasteiger partial charge >= 0.3 is 0 Å². The third kappa shape index (κ3) is 3.80. The van der Waals surface area contributed by atoms with E-state index < -0.39 is 59.4 Å². The Balaban J connectivity index is 2.75. The average Bonchev–Trinajstić information content (AvgIpc) is 2.60. The fraction of sp³-hybridized carbons (Fsp3) is 0.0769. The molecule has 0 atom stereocenters. The zero-order chi connectivity index (χ0) is 20.5. The average molecular weight is 380 g/mol. The van der Waals surface area contributed by atoms with E-state index in [1.54, 1.807) is 0 Å². The number of hydrogen-bond acceptors (Lipinski definition) is 10. The quantitative estimate of drug-likeness (QED) is 0.418. The third-order valence-electron chi connectivity index (χ3n) is 3.45. The normalized spacial score (nSPS) is 11.0. The van der Waals surface area contributed by atoms with Crippen LogP contribution in [0.25, 0.3) is 0 Å². The van der Waals surface area contributed by atoms with Gasteiger partial charge in [-0.25, -0.2) is 0 Å². The highest BCUT2D eigenvalue weighted by atomic mass is 16.6. The van der Waals surface area contributed by atoms with Crippen LogP contribution in [0, 0.1) is 40.5 Å². The van der Waals surface area contributed by atoms with Crippen molar-refractivity contribution in [1.29, 1.82) is 0 Å². The molecule has 14 heteroatoms. The Hall–Kier alpha value is -4.04. The van der Waals surface area contributed by atoms with Gasteiger partial charge in [0.15, 0.2) is 0 Å². The fourth-order valence-electron chi connectivity index (χ4n) is 2.18. The van der Waals surface area contributed by atoms with Crippen LogP contribution >= 0.6 is 0 Å². The molecule has 0 unspecified atom stereocenters. The van der Waals surface area contributed by atoms with Gasteiger partial charge in [0.2, 0.25) is 5.79 Å². The molecule has 14 nitrogen and oxygen atoms in total. The summed E-state index contributed by atoms with van der Waals surface area (Å²) in [6, 6.07) is 3.51. The molecule has 0 fully saturated rings. The van der Waals surface area contributed by atoms with Crippen LogP contribution < -0.4 is 0 Å². The van der Waals surface area contributed by atoms with E-state index >= 15 is 0 Å². The van der Waals surface area contributed by atoms with Crippen LogP contribution in [0.5, 0.6) is 0 Å². The molecule has 0 saturated carbocycles. The zero-order valence-electron chi connectivity index (χ0n) is 12.9. The molecular formula is C13H8N4O10. The van der Waals surface area contributed by atoms with Crippen molar-refractivity contribution >= 4 is 22.7 Å². The lowest BCUT2D eigenvalue weighted by Crippen LogP contribution is -2.27. The second-order valence-electron chi connectivity index (χ2n) is 5.18. The predicted molar refractivity (Wildman–Crippen MR) is 84.7 cm³/mol. The molecule has 2 aromatic rings. The van der Waals surface area contributed by atoms with Gasteiger partial charge in [0.25, 0.3) is 22.7 Å². The van der Waals surface area contributed by atoms with Gasteiger partial charge in [-0.05, 0) is 0 Å². The Morgan fingerprint density at radius 1 is 0.556 bits per heavy atom. The molecular weight excluding hydrogens is 372 g/mol. The molecule has 0 aliphatic rings. The summed E-state index contributed by atoms with van der Waals surface area (Å²) < 4.78 is 0. The smallest absolute Gasteiger partial charge is 0.276 e. The summed E-state index contributed by atoms with van der Waals surface area (Å²) in [5, 5.41) is 64.4. The molecule has 0 spiro atoms. The van der Waals surface area contributed by atoms with E-state index in [-0.39, 0.29) is 0 Å². The van der Waals surface area contributed by atoms with Gasteiger partial charge in [-0.3, -0.25) is 40.5 Å². The minimum atomic E-state index is -3.23. The third-order valence-corrected chi connectivity index (χ3v) is 3.45. The lowest BCUT2D eigenvalue weighted by atomic mass is 9.95. The van der Waals surface area contributed by atoms with Crippen LogP contribution in [0.2, 0.25) is 0 Å². The van der Waals surface area contributed by atoms with Crippen LogP contribution in [-0.2, 0) is 5.79 Å². The van der Waals surface area contributed by atoms with Gasteiger partial charge in [-0.1, -0.05) is 0 Å². The van der Waals surface area contributed by atoms with Crippen molar-refractivity contribution in [1.82, 2.24) is 0 Å². The van der Waals surface area contributed by atoms with E-state index in [1.807, 2.05) is 0 Å². The number of nitro benzene ring substituents is 4. The Morgan fingerprint density at radius 2 is 0.778 bits per heavy atom. The number of nitro groups is 4. The zero-order valence-corrected chi connectivity index (χ0v) is 12.9. The van der Waals surface area contributed by atoms with Crippen LogP contribution in [0.4, 0.5) is 22.7 Å². The molecule has 140 valence electrons. The fourth-order valence-corrected chi connectivity index (χ4v) is 2.18. The molecule has 2 rings (SSSR count). The largest absolute Gasteiger partial charge is 0.358 e. The monoisotopic (exact) mass is 380 g/mol. The van der Waals surface area contributed by atoms with Crippen LogP contribution in [0.3, 0.4) is 0 Å². The summed E-state index contributed by atoms with van der Waals surface area (Å²) in [6.45, 7) is 0. The van der Waals surface area contributed by atoms with Crippen LogP contribution in [0.15, 0.2) is 36.4 Å². The number of nitrogens with zero attached hydrogens (tertiary/aromatic N) is 4. The maximum Gasteiger partial charge on any atom is 0.276 e. The van der Waals surface area contributed by atoms with Gasteiger partial charge in [0.05, 0.1) is 31.8 Å². The molecule has 27 heavy (non-hydrogen) atoms. The van der Waals surface area contributed by atoms with Crippen LogP contribution in [-0.4, -0.2) is 29.9 Å². The molecule has 2 N–H and O–H groups in total. The van der Waals surface area contributed by atoms with Crippen molar-refractivity contribution in [2.24, 2.45) is 0 Å². The van der Waals surface area contributed by atoms with Gasteiger partial charge in [0, 0.05) is 35.4 Å². The topological polar surface area (TPSA) is 213 Å². The van der Waals surface area contributed by atoms with Crippen molar-refractivity contribution in [3.63, 3.8) is 0 Å². The maximum atomic E-state index is 10.9. The Morgan fingerprint density at radius 3 is 0.963 bits per heavy atom. The lowest BCUT2D eigenvalue weighted by Gasteiger charge is -2.22. The highest BCUT2D eigenvalue weighted by molar-refractivity contribution is 5.53. The first-order chi connectivity index (χ1) is 12.4. The number of non-ortho nitro benzene ring substituents is 4. The van der Waals surface area contributed by atoms with Crippen molar-refractivity contribution in [3.8, 4) is 0 Å². The molecule has 0 radical (unpaired) electrons. The van der Waals surface area contributed by atoms with Gasteiger partial charge < -0.3 is 10.2 Å². The van der Waals surface area contributed by atoms with Gasteiger partial charge in [0.1, 0.15) is 0 Å². The summed E-state index contributed by atoms with van der Waals surface area (Å²) >= 11 is 0. The SMILES string of the molecule is O=[N+]([O-])c1cc([N+](=O)[O-])cc(C(O)(O)c2cc([N+](=O)[O-])cc([N+](=O)[O-])c2)c1. The van der Waals surface area contributed by atoms with E-state index in [0.717, 1.165) is 0 Å². The van der Waals surface area contributed by atoms with Crippen molar-refractivity contribution in [2.75, 3.05) is 0 Å². The molecule has 0 saturated heterocycles. The van der Waals surface area contributed by atoms with E-state index in [2.05, 4.69) is 0 Å². The summed E-state index contributed by atoms with van der Waals surface area (Å²) in [5.41, 5.74) is -4.98. The number of aliphatic hydroxyl groups is 2. The Bertz CT molecular complexity index is 845. The summed E-state index contributed by atoms with van der Waals surface area (Å²) in [4.78, 5) is 39.6. The van der Waals surface area contributed by atoms with E-state index in [0.29, 0.717) is 36.4 Å². The van der Waals surface area contributed by atoms with Crippen molar-refractivity contribution in [3.05, 3.63) is 88.0 Å². The summed E-state index contributed by atoms with van der Waals surface area (Å²) in [5.74, 6) is -3.23. The minimum absolute atomic E-state index is 0.565. The molecule has 2 aromatic carbocycles. The Labute approximate surface area is 147 Å². The van der Waals surface area contributed by atoms with Crippen LogP contribution in [0.1, 0.15) is 11.1 Å². The number of benzene rings is 2. The first kappa shape index (κ1) is 19.3. The van der Waals surface area contributed by atoms with Gasteiger partial charge in [-0.15, -0.1) is 0 Å². The van der Waals surface area contributed by atoms with E-state index in [9.17, 15) is 50.7 Å². The standard InChI is InChI=1S/C13H8N4O10/c18-13(19,7-1-9(14(20)21)5-10(2-7)15(22)23)8-3-11(16(24)25)6-12(4-8)17(26)27/h1-6,18-19H. The molecule has 0 aliphatic heterocycles. The summed E-state index contributed by atoms with van der Waals surface area (Å²) in [6.07, 6.45) is 0. The van der Waals surface area contributed by atoms with E-state index in [1.165, 1.54) is 0 Å². The second-order valence-corrected chi connectivity index (χ2v) is 5.18. The highest BCUT2D eigenvalue weighted by Crippen LogP contribution is 2.36. The van der Waals surface area contributed by atoms with Crippen molar-refractivity contribution in [2.45, 2.75) is 5.79 Å². The molecule has 0 bridgehead atoms. The Kier molecular flexibility index (Phi) is 4.78. The molecule has 0 aliphatic carbocycles. The van der Waals surface area contributed by atoms with Crippen molar-refractivity contribution < 1.29 is 29.9 Å². The predicted octanol–water partition coefficient (Wildman–Crippen LogP) is 1.51. The molecule has 0 heterocycles. The number of rotatable bonds is 6. The lowest BCUT2D eigenvalue weighted by molar-refractivity contribution is -0.394. The maximum absolute atomic E-state index is 10.9. The summed E-state index contributed by atoms with van der Waals surface area (Å²) in [7, 11) is 0. The molecule has 0 amide bonds. The molecule has 0 aromatic heterocycles. The highest BCUT2D eigenvalue weighted by Gasteiger charge is 2.35. The first-order valence-corrected chi connectivity index (χ1v) is 6.77. The number of hydrogen-bond donors (Lipinski definition) is 2. The van der Waals surface area contributed by atoms with Gasteiger partial charge in [-0.2, -0.15) is 0 Å². The van der Waals surface area contributed by atoms with E-state index in [4.69, 9.17) is 0 Å². The minimum Gasteiger partial charge on any atom is -0.358 e. The second kappa shape index (κ2) is 6.70. The first-order valence-electron chi connectivity index (χ1n) is 6.77.